The third kappa shape index (κ3) is 3.15. The van der Waals surface area contributed by atoms with Crippen molar-refractivity contribution < 1.29 is 4.74 Å². The molecule has 1 aromatic rings. The Morgan fingerprint density at radius 1 is 1.73 bits per heavy atom. The van der Waals surface area contributed by atoms with E-state index in [9.17, 15) is 4.79 Å². The molecule has 1 heterocycles. The topological polar surface area (TPSA) is 54.1 Å². The average molecular weight is 228 g/mol. The van der Waals surface area contributed by atoms with Crippen LogP contribution < -0.4 is 10.2 Å². The molecule has 15 heavy (non-hydrogen) atoms. The SMILES string of the molecule is COCC(NCc1csc(=O)[nH]1)C1CC1. The van der Waals surface area contributed by atoms with Gasteiger partial charge in [-0.3, -0.25) is 4.79 Å². The zero-order chi connectivity index (χ0) is 10.7. The standard InChI is InChI=1S/C10H16N2O2S/c1-14-5-9(7-2-3-7)11-4-8-6-15-10(13)12-8/h6-7,9,11H,2-5H2,1H3,(H,12,13). The lowest BCUT2D eigenvalue weighted by molar-refractivity contribution is 0.157. The normalized spacial score (nSPS) is 17.9. The smallest absolute Gasteiger partial charge is 0.304 e. The Morgan fingerprint density at radius 2 is 2.53 bits per heavy atom. The molecule has 2 rings (SSSR count). The van der Waals surface area contributed by atoms with Gasteiger partial charge >= 0.3 is 4.87 Å². The Balaban J connectivity index is 1.82. The predicted octanol–water partition coefficient (Wildman–Crippen LogP) is 0.951. The molecule has 0 radical (unpaired) electrons. The number of rotatable bonds is 6. The van der Waals surface area contributed by atoms with Crippen LogP contribution in [0.15, 0.2) is 10.2 Å². The number of aromatic nitrogens is 1. The number of aromatic amines is 1. The van der Waals surface area contributed by atoms with E-state index in [1.165, 1.54) is 24.2 Å². The molecule has 84 valence electrons. The van der Waals surface area contributed by atoms with Crippen LogP contribution in [0.1, 0.15) is 18.5 Å². The molecule has 1 unspecified atom stereocenters. The van der Waals surface area contributed by atoms with Gasteiger partial charge in [-0.1, -0.05) is 11.3 Å². The molecule has 1 atom stereocenters. The van der Waals surface area contributed by atoms with Gasteiger partial charge in [-0.25, -0.2) is 0 Å². The van der Waals surface area contributed by atoms with Gasteiger partial charge in [0.15, 0.2) is 0 Å². The van der Waals surface area contributed by atoms with Gasteiger partial charge in [0, 0.05) is 30.8 Å². The lowest BCUT2D eigenvalue weighted by Crippen LogP contribution is -2.34. The number of hydrogen-bond acceptors (Lipinski definition) is 4. The fourth-order valence-electron chi connectivity index (χ4n) is 1.68. The van der Waals surface area contributed by atoms with Crippen LogP contribution in [-0.2, 0) is 11.3 Å². The van der Waals surface area contributed by atoms with Gasteiger partial charge in [-0.2, -0.15) is 0 Å². The molecule has 0 aliphatic heterocycles. The third-order valence-electron chi connectivity index (χ3n) is 2.66. The summed E-state index contributed by atoms with van der Waals surface area (Å²) in [5.41, 5.74) is 0.965. The van der Waals surface area contributed by atoms with E-state index in [2.05, 4.69) is 10.3 Å². The first-order valence-electron chi connectivity index (χ1n) is 5.18. The number of ether oxygens (including phenoxy) is 1. The highest BCUT2D eigenvalue weighted by molar-refractivity contribution is 7.07. The minimum absolute atomic E-state index is 0.0153. The van der Waals surface area contributed by atoms with Gasteiger partial charge in [0.1, 0.15) is 0 Å². The molecule has 1 aromatic heterocycles. The van der Waals surface area contributed by atoms with Gasteiger partial charge in [0.05, 0.1) is 6.61 Å². The first-order chi connectivity index (χ1) is 7.29. The number of methoxy groups -OCH3 is 1. The van der Waals surface area contributed by atoms with E-state index in [0.717, 1.165) is 24.8 Å². The zero-order valence-electron chi connectivity index (χ0n) is 8.79. The zero-order valence-corrected chi connectivity index (χ0v) is 9.60. The lowest BCUT2D eigenvalue weighted by atomic mass is 10.2. The second kappa shape index (κ2) is 4.92. The number of thiazole rings is 1. The van der Waals surface area contributed by atoms with E-state index in [1.54, 1.807) is 7.11 Å². The van der Waals surface area contributed by atoms with Crippen molar-refractivity contribution in [2.24, 2.45) is 5.92 Å². The fraction of sp³-hybridized carbons (Fsp3) is 0.700. The van der Waals surface area contributed by atoms with Crippen LogP contribution in [0.4, 0.5) is 0 Å². The van der Waals surface area contributed by atoms with Crippen molar-refractivity contribution >= 4 is 11.3 Å². The fourth-order valence-corrected chi connectivity index (χ4v) is 2.26. The average Bonchev–Trinajstić information content (AvgIpc) is 2.97. The molecule has 1 fully saturated rings. The molecule has 1 saturated carbocycles. The van der Waals surface area contributed by atoms with Crippen molar-refractivity contribution in [1.82, 2.24) is 10.3 Å². The number of nitrogens with one attached hydrogen (secondary N) is 2. The Hall–Kier alpha value is -0.650. The summed E-state index contributed by atoms with van der Waals surface area (Å²) in [5.74, 6) is 0.760. The van der Waals surface area contributed by atoms with E-state index < -0.39 is 0 Å². The first kappa shape index (κ1) is 10.9. The predicted molar refractivity (Wildman–Crippen MR) is 60.2 cm³/mol. The molecule has 0 bridgehead atoms. The van der Waals surface area contributed by atoms with E-state index in [0.29, 0.717) is 6.04 Å². The van der Waals surface area contributed by atoms with Crippen molar-refractivity contribution in [1.29, 1.82) is 0 Å². The maximum atomic E-state index is 10.9. The van der Waals surface area contributed by atoms with E-state index in [-0.39, 0.29) is 4.87 Å². The van der Waals surface area contributed by atoms with Crippen molar-refractivity contribution in [3.63, 3.8) is 0 Å². The van der Waals surface area contributed by atoms with Gasteiger partial charge in [-0.05, 0) is 18.8 Å². The summed E-state index contributed by atoms with van der Waals surface area (Å²) in [5, 5.41) is 5.29. The minimum atomic E-state index is 0.0153. The molecule has 0 spiro atoms. The van der Waals surface area contributed by atoms with Crippen LogP contribution in [0.5, 0.6) is 0 Å². The summed E-state index contributed by atoms with van der Waals surface area (Å²) in [7, 11) is 1.73. The third-order valence-corrected chi connectivity index (χ3v) is 3.38. The van der Waals surface area contributed by atoms with Gasteiger partial charge in [0.2, 0.25) is 0 Å². The van der Waals surface area contributed by atoms with Crippen LogP contribution in [-0.4, -0.2) is 24.7 Å². The second-order valence-corrected chi connectivity index (χ2v) is 4.80. The first-order valence-corrected chi connectivity index (χ1v) is 6.06. The monoisotopic (exact) mass is 228 g/mol. The highest BCUT2D eigenvalue weighted by Crippen LogP contribution is 2.32. The molecule has 0 amide bonds. The molecular formula is C10H16N2O2S. The summed E-state index contributed by atoms with van der Waals surface area (Å²) in [6.45, 7) is 1.47. The Morgan fingerprint density at radius 3 is 3.07 bits per heavy atom. The van der Waals surface area contributed by atoms with Crippen LogP contribution in [0, 0.1) is 5.92 Å². The minimum Gasteiger partial charge on any atom is -0.383 e. The number of hydrogen-bond donors (Lipinski definition) is 2. The molecule has 4 nitrogen and oxygen atoms in total. The molecule has 1 aliphatic carbocycles. The molecule has 5 heteroatoms. The van der Waals surface area contributed by atoms with E-state index in [1.807, 2.05) is 5.38 Å². The molecule has 1 aliphatic rings. The van der Waals surface area contributed by atoms with Crippen LogP contribution >= 0.6 is 11.3 Å². The summed E-state index contributed by atoms with van der Waals surface area (Å²) >= 11 is 1.21. The van der Waals surface area contributed by atoms with Gasteiger partial charge in [-0.15, -0.1) is 0 Å². The molecule has 0 saturated heterocycles. The summed E-state index contributed by atoms with van der Waals surface area (Å²) < 4.78 is 5.17. The Labute approximate surface area is 92.7 Å². The summed E-state index contributed by atoms with van der Waals surface area (Å²) in [6, 6.07) is 0.429. The largest absolute Gasteiger partial charge is 0.383 e. The number of H-pyrrole nitrogens is 1. The molecule has 2 N–H and O–H groups in total. The second-order valence-electron chi connectivity index (χ2n) is 3.95. The molecular weight excluding hydrogens is 212 g/mol. The van der Waals surface area contributed by atoms with E-state index in [4.69, 9.17) is 4.74 Å². The lowest BCUT2D eigenvalue weighted by Gasteiger charge is -2.16. The Bertz CT molecular complexity index is 356. The quantitative estimate of drug-likeness (QED) is 0.762. The highest BCUT2D eigenvalue weighted by Gasteiger charge is 2.30. The molecule has 0 aromatic carbocycles. The maximum absolute atomic E-state index is 10.9. The summed E-state index contributed by atoms with van der Waals surface area (Å²) in [4.78, 5) is 13.7. The van der Waals surface area contributed by atoms with Crippen LogP contribution in [0.25, 0.3) is 0 Å². The van der Waals surface area contributed by atoms with Crippen LogP contribution in [0.2, 0.25) is 0 Å². The van der Waals surface area contributed by atoms with Crippen molar-refractivity contribution in [2.45, 2.75) is 25.4 Å². The highest BCUT2D eigenvalue weighted by atomic mass is 32.1. The van der Waals surface area contributed by atoms with Crippen molar-refractivity contribution in [3.8, 4) is 0 Å². The summed E-state index contributed by atoms with van der Waals surface area (Å²) in [6.07, 6.45) is 2.59. The Kier molecular flexibility index (Phi) is 3.56. The van der Waals surface area contributed by atoms with Crippen molar-refractivity contribution in [3.05, 3.63) is 20.7 Å². The van der Waals surface area contributed by atoms with Crippen LogP contribution in [0.3, 0.4) is 0 Å². The van der Waals surface area contributed by atoms with E-state index >= 15 is 0 Å². The van der Waals surface area contributed by atoms with Gasteiger partial charge in [0.25, 0.3) is 0 Å². The maximum Gasteiger partial charge on any atom is 0.304 e. The van der Waals surface area contributed by atoms with Gasteiger partial charge < -0.3 is 15.0 Å². The van der Waals surface area contributed by atoms with Crippen molar-refractivity contribution in [2.75, 3.05) is 13.7 Å².